The van der Waals surface area contributed by atoms with Crippen LogP contribution in [0.15, 0.2) is 47.4 Å². The zero-order valence-electron chi connectivity index (χ0n) is 19.5. The molecule has 0 bridgehead atoms. The van der Waals surface area contributed by atoms with Crippen molar-refractivity contribution in [1.29, 1.82) is 0 Å². The van der Waals surface area contributed by atoms with Crippen molar-refractivity contribution in [2.24, 2.45) is 0 Å². The lowest BCUT2D eigenvalue weighted by Gasteiger charge is -2.32. The van der Waals surface area contributed by atoms with Crippen LogP contribution in [0.3, 0.4) is 0 Å². The van der Waals surface area contributed by atoms with Gasteiger partial charge in [-0.1, -0.05) is 13.3 Å². The van der Waals surface area contributed by atoms with Gasteiger partial charge in [-0.3, -0.25) is 4.79 Å². The summed E-state index contributed by atoms with van der Waals surface area (Å²) in [6, 6.07) is 7.66. The Kier molecular flexibility index (Phi) is 8.05. The van der Waals surface area contributed by atoms with Gasteiger partial charge in [-0.15, -0.1) is 0 Å². The zero-order chi connectivity index (χ0) is 23.0. The molecule has 0 N–H and O–H groups in total. The number of imidazole rings is 1. The van der Waals surface area contributed by atoms with Crippen LogP contribution in [0, 0.1) is 0 Å². The van der Waals surface area contributed by atoms with E-state index in [0.29, 0.717) is 29.6 Å². The van der Waals surface area contributed by atoms with E-state index in [9.17, 15) is 4.79 Å². The van der Waals surface area contributed by atoms with E-state index in [2.05, 4.69) is 39.5 Å². The quantitative estimate of drug-likeness (QED) is 0.375. The van der Waals surface area contributed by atoms with E-state index >= 15 is 0 Å². The molecular weight excluding hydrogens is 434 g/mol. The Bertz CT molecular complexity index is 1020. The molecule has 1 aliphatic rings. The van der Waals surface area contributed by atoms with Gasteiger partial charge in [-0.2, -0.15) is 11.3 Å². The van der Waals surface area contributed by atoms with Gasteiger partial charge in [0.15, 0.2) is 11.5 Å². The number of thiophene rings is 1. The molecule has 0 atom stereocenters. The van der Waals surface area contributed by atoms with Gasteiger partial charge in [0.2, 0.25) is 0 Å². The fraction of sp³-hybridized carbons (Fsp3) is 0.462. The highest BCUT2D eigenvalue weighted by atomic mass is 32.1. The van der Waals surface area contributed by atoms with Crippen LogP contribution >= 0.6 is 11.3 Å². The van der Waals surface area contributed by atoms with Crippen molar-refractivity contribution >= 4 is 17.2 Å². The summed E-state index contributed by atoms with van der Waals surface area (Å²) in [5, 5.41) is 4.33. The third kappa shape index (κ3) is 5.77. The molecular formula is C26H33N3O3S. The monoisotopic (exact) mass is 467 g/mol. The highest BCUT2D eigenvalue weighted by Crippen LogP contribution is 2.31. The molecule has 1 fully saturated rings. The Morgan fingerprint density at radius 2 is 2.06 bits per heavy atom. The highest BCUT2D eigenvalue weighted by Gasteiger charge is 2.27. The van der Waals surface area contributed by atoms with Gasteiger partial charge in [-0.05, 0) is 66.3 Å². The number of amides is 1. The van der Waals surface area contributed by atoms with Gasteiger partial charge in [0, 0.05) is 43.5 Å². The molecule has 4 rings (SSSR count). The average Bonchev–Trinajstić information content (AvgIpc) is 3.54. The Labute approximate surface area is 200 Å². The molecule has 1 aliphatic heterocycles. The molecule has 6 nitrogen and oxygen atoms in total. The fourth-order valence-electron chi connectivity index (χ4n) is 4.33. The number of aromatic nitrogens is 2. The van der Waals surface area contributed by atoms with Crippen LogP contribution < -0.4 is 9.47 Å². The molecule has 33 heavy (non-hydrogen) atoms. The van der Waals surface area contributed by atoms with Crippen LogP contribution in [0.5, 0.6) is 11.5 Å². The summed E-state index contributed by atoms with van der Waals surface area (Å²) in [6.45, 7) is 5.16. The highest BCUT2D eigenvalue weighted by molar-refractivity contribution is 7.07. The minimum absolute atomic E-state index is 0.0530. The number of methoxy groups -OCH3 is 1. The maximum Gasteiger partial charge on any atom is 0.253 e. The number of ether oxygens (including phenoxy) is 2. The third-order valence-electron chi connectivity index (χ3n) is 6.28. The Balaban J connectivity index is 1.36. The molecule has 1 aromatic carbocycles. The number of piperidine rings is 1. The summed E-state index contributed by atoms with van der Waals surface area (Å²) < 4.78 is 13.6. The maximum atomic E-state index is 13.2. The van der Waals surface area contributed by atoms with E-state index < -0.39 is 0 Å². The van der Waals surface area contributed by atoms with Crippen molar-refractivity contribution in [3.63, 3.8) is 0 Å². The first-order valence-corrected chi connectivity index (χ1v) is 12.8. The van der Waals surface area contributed by atoms with Crippen LogP contribution in [-0.2, 0) is 13.0 Å². The number of likely N-dealkylation sites (tertiary alicyclic amines) is 1. The second-order valence-electron chi connectivity index (χ2n) is 8.49. The third-order valence-corrected chi connectivity index (χ3v) is 7.01. The molecule has 176 valence electrons. The van der Waals surface area contributed by atoms with Gasteiger partial charge in [0.25, 0.3) is 5.91 Å². The summed E-state index contributed by atoms with van der Waals surface area (Å²) >= 11 is 1.74. The van der Waals surface area contributed by atoms with Gasteiger partial charge in [0.1, 0.15) is 5.82 Å². The standard InChI is InChI=1S/C26H33N3O3S/c1-3-4-16-32-24-18-22(5-6-23(24)31-2)26(30)29-13-8-21(9-14-29)25-27-11-15-28(25)12-7-20-10-17-33-19-20/h5-6,10-11,15,17-19,21H,3-4,7-9,12-14,16H2,1-2H3. The number of nitrogens with zero attached hydrogens (tertiary/aromatic N) is 3. The molecule has 3 aromatic rings. The van der Waals surface area contributed by atoms with Crippen LogP contribution in [0.25, 0.3) is 0 Å². The van der Waals surface area contributed by atoms with E-state index in [1.54, 1.807) is 18.4 Å². The van der Waals surface area contributed by atoms with E-state index in [0.717, 1.165) is 57.6 Å². The fourth-order valence-corrected chi connectivity index (χ4v) is 5.03. The van der Waals surface area contributed by atoms with E-state index in [4.69, 9.17) is 9.47 Å². The maximum absolute atomic E-state index is 13.2. The summed E-state index contributed by atoms with van der Waals surface area (Å²) in [4.78, 5) is 19.8. The Hall–Kier alpha value is -2.80. The summed E-state index contributed by atoms with van der Waals surface area (Å²) in [7, 11) is 1.62. The topological polar surface area (TPSA) is 56.6 Å². The zero-order valence-corrected chi connectivity index (χ0v) is 20.4. The van der Waals surface area contributed by atoms with Crippen molar-refractivity contribution in [2.75, 3.05) is 26.8 Å². The number of benzene rings is 1. The summed E-state index contributed by atoms with van der Waals surface area (Å²) in [5.74, 6) is 2.89. The molecule has 0 aliphatic carbocycles. The minimum atomic E-state index is 0.0530. The smallest absolute Gasteiger partial charge is 0.253 e. The van der Waals surface area contributed by atoms with Crippen molar-refractivity contribution in [1.82, 2.24) is 14.5 Å². The second kappa shape index (κ2) is 11.4. The van der Waals surface area contributed by atoms with Gasteiger partial charge in [-0.25, -0.2) is 4.98 Å². The normalized spacial score (nSPS) is 14.4. The van der Waals surface area contributed by atoms with Gasteiger partial charge < -0.3 is 18.9 Å². The lowest BCUT2D eigenvalue weighted by molar-refractivity contribution is 0.0709. The predicted octanol–water partition coefficient (Wildman–Crippen LogP) is 5.39. The summed E-state index contributed by atoms with van der Waals surface area (Å²) in [6.07, 6.45) is 8.88. The molecule has 0 unspecified atom stereocenters. The number of unbranched alkanes of at least 4 members (excludes halogenated alkanes) is 1. The predicted molar refractivity (Wildman–Crippen MR) is 132 cm³/mol. The summed E-state index contributed by atoms with van der Waals surface area (Å²) in [5.41, 5.74) is 2.02. The van der Waals surface area contributed by atoms with Crippen LogP contribution in [0.2, 0.25) is 0 Å². The van der Waals surface area contributed by atoms with Crippen molar-refractivity contribution in [3.8, 4) is 11.5 Å². The first-order valence-electron chi connectivity index (χ1n) is 11.8. The number of carbonyl (C=O) groups excluding carboxylic acids is 1. The number of rotatable bonds is 10. The molecule has 3 heterocycles. The minimum Gasteiger partial charge on any atom is -0.493 e. The van der Waals surface area contributed by atoms with E-state index in [1.165, 1.54) is 5.56 Å². The molecule has 0 spiro atoms. The second-order valence-corrected chi connectivity index (χ2v) is 9.27. The van der Waals surface area contributed by atoms with Gasteiger partial charge in [0.05, 0.1) is 13.7 Å². The van der Waals surface area contributed by atoms with Crippen LogP contribution in [-0.4, -0.2) is 47.2 Å². The van der Waals surface area contributed by atoms with Crippen molar-refractivity contribution < 1.29 is 14.3 Å². The van der Waals surface area contributed by atoms with Crippen molar-refractivity contribution in [3.05, 3.63) is 64.4 Å². The number of hydrogen-bond acceptors (Lipinski definition) is 5. The SMILES string of the molecule is CCCCOc1cc(C(=O)N2CCC(c3nccn3CCc3ccsc3)CC2)ccc1OC. The first-order chi connectivity index (χ1) is 16.2. The van der Waals surface area contributed by atoms with Crippen molar-refractivity contribution in [2.45, 2.75) is 51.5 Å². The Morgan fingerprint density at radius 1 is 1.21 bits per heavy atom. The lowest BCUT2D eigenvalue weighted by Crippen LogP contribution is -2.38. The first kappa shape index (κ1) is 23.4. The largest absolute Gasteiger partial charge is 0.493 e. The molecule has 1 saturated heterocycles. The Morgan fingerprint density at radius 3 is 2.79 bits per heavy atom. The molecule has 0 radical (unpaired) electrons. The van der Waals surface area contributed by atoms with Crippen LogP contribution in [0.4, 0.5) is 0 Å². The number of carbonyl (C=O) groups is 1. The average molecular weight is 468 g/mol. The molecule has 0 saturated carbocycles. The number of aryl methyl sites for hydroxylation is 2. The van der Waals surface area contributed by atoms with E-state index in [-0.39, 0.29) is 5.91 Å². The van der Waals surface area contributed by atoms with E-state index in [1.807, 2.05) is 29.3 Å². The molecule has 1 amide bonds. The molecule has 2 aromatic heterocycles. The van der Waals surface area contributed by atoms with Gasteiger partial charge >= 0.3 is 0 Å². The lowest BCUT2D eigenvalue weighted by atomic mass is 9.95. The number of hydrogen-bond donors (Lipinski definition) is 0. The van der Waals surface area contributed by atoms with Crippen LogP contribution in [0.1, 0.15) is 60.3 Å². The molecule has 7 heteroatoms.